The molecular weight excluding hydrogens is 294 g/mol. The number of benzene rings is 1. The summed E-state index contributed by atoms with van der Waals surface area (Å²) in [6.45, 7) is 1.57. The van der Waals surface area contributed by atoms with Gasteiger partial charge in [-0.3, -0.25) is 0 Å². The van der Waals surface area contributed by atoms with E-state index in [0.29, 0.717) is 6.61 Å². The third kappa shape index (κ3) is 2.53. The number of ether oxygens (including phenoxy) is 2. The highest BCUT2D eigenvalue weighted by atomic mass is 79.9. The van der Waals surface area contributed by atoms with Crippen LogP contribution >= 0.6 is 15.9 Å². The molecule has 3 nitrogen and oxygen atoms in total. The average molecular weight is 308 g/mol. The Morgan fingerprint density at radius 2 is 2.06 bits per heavy atom. The summed E-state index contributed by atoms with van der Waals surface area (Å²) in [5, 5.41) is 0. The molecule has 1 aromatic heterocycles. The van der Waals surface area contributed by atoms with Crippen molar-refractivity contribution < 1.29 is 9.47 Å². The van der Waals surface area contributed by atoms with Crippen LogP contribution < -0.4 is 9.47 Å². The minimum atomic E-state index is 0.120. The molecule has 1 aliphatic rings. The molecule has 94 valence electrons. The molecule has 0 fully saturated rings. The van der Waals surface area contributed by atoms with Crippen LogP contribution in [0.4, 0.5) is 0 Å². The van der Waals surface area contributed by atoms with Gasteiger partial charge in [0.15, 0.2) is 11.5 Å². The molecule has 3 rings (SSSR count). The number of hydrogen-bond acceptors (Lipinski definition) is 2. The first-order valence-electron chi connectivity index (χ1n) is 6.01. The molecule has 2 heterocycles. The van der Waals surface area contributed by atoms with Gasteiger partial charge in [0.1, 0.15) is 12.7 Å². The van der Waals surface area contributed by atoms with Gasteiger partial charge in [-0.1, -0.05) is 15.9 Å². The van der Waals surface area contributed by atoms with Crippen LogP contribution in [-0.2, 0) is 6.54 Å². The topological polar surface area (TPSA) is 23.4 Å². The number of hydrogen-bond donors (Lipinski definition) is 0. The molecule has 1 aromatic carbocycles. The van der Waals surface area contributed by atoms with Crippen molar-refractivity contribution in [3.05, 3.63) is 47.2 Å². The largest absolute Gasteiger partial charge is 0.486 e. The fourth-order valence-electron chi connectivity index (χ4n) is 2.04. The summed E-state index contributed by atoms with van der Waals surface area (Å²) in [5.74, 6) is 1.66. The zero-order valence-electron chi connectivity index (χ0n) is 9.88. The van der Waals surface area contributed by atoms with Crippen molar-refractivity contribution in [1.29, 1.82) is 0 Å². The number of rotatable bonds is 3. The number of aromatic nitrogens is 1. The van der Waals surface area contributed by atoms with Crippen LogP contribution in [0.25, 0.3) is 0 Å². The minimum Gasteiger partial charge on any atom is -0.486 e. The van der Waals surface area contributed by atoms with Crippen molar-refractivity contribution >= 4 is 15.9 Å². The molecule has 0 amide bonds. The lowest BCUT2D eigenvalue weighted by atomic mass is 10.2. The van der Waals surface area contributed by atoms with Gasteiger partial charge in [0.2, 0.25) is 0 Å². The van der Waals surface area contributed by atoms with E-state index in [1.807, 2.05) is 30.3 Å². The molecule has 0 saturated heterocycles. The van der Waals surface area contributed by atoms with Crippen LogP contribution in [0.2, 0.25) is 0 Å². The zero-order chi connectivity index (χ0) is 12.4. The first-order valence-corrected chi connectivity index (χ1v) is 6.80. The maximum atomic E-state index is 5.94. The van der Waals surface area contributed by atoms with E-state index >= 15 is 0 Å². The third-order valence-electron chi connectivity index (χ3n) is 3.00. The zero-order valence-corrected chi connectivity index (χ0v) is 11.5. The van der Waals surface area contributed by atoms with Gasteiger partial charge in [0.25, 0.3) is 0 Å². The highest BCUT2D eigenvalue weighted by Gasteiger charge is 2.20. The van der Waals surface area contributed by atoms with E-state index in [2.05, 4.69) is 32.9 Å². The van der Waals surface area contributed by atoms with E-state index in [1.54, 1.807) is 0 Å². The van der Waals surface area contributed by atoms with E-state index in [4.69, 9.17) is 9.47 Å². The van der Waals surface area contributed by atoms with Crippen molar-refractivity contribution in [1.82, 2.24) is 4.57 Å². The van der Waals surface area contributed by atoms with Crippen molar-refractivity contribution in [3.63, 3.8) is 0 Å². The van der Waals surface area contributed by atoms with Crippen molar-refractivity contribution in [2.45, 2.75) is 19.1 Å². The Morgan fingerprint density at radius 1 is 1.22 bits per heavy atom. The van der Waals surface area contributed by atoms with Crippen molar-refractivity contribution in [2.75, 3.05) is 6.61 Å². The average Bonchev–Trinajstić information content (AvgIpc) is 2.89. The highest BCUT2D eigenvalue weighted by Crippen LogP contribution is 2.34. The first-order chi connectivity index (χ1) is 8.81. The standard InChI is InChI=1S/C14H14BrNO2/c15-11-3-4-13-14(9-11)18-12(10-17-13)5-8-16-6-1-2-7-16/h1-4,6-7,9,12H,5,8,10H2. The lowest BCUT2D eigenvalue weighted by Crippen LogP contribution is -2.30. The molecule has 0 aliphatic carbocycles. The maximum Gasteiger partial charge on any atom is 0.162 e. The molecule has 0 radical (unpaired) electrons. The Balaban J connectivity index is 1.63. The second-order valence-electron chi connectivity index (χ2n) is 4.35. The van der Waals surface area contributed by atoms with Crippen molar-refractivity contribution in [2.24, 2.45) is 0 Å². The summed E-state index contributed by atoms with van der Waals surface area (Å²) >= 11 is 3.44. The monoisotopic (exact) mass is 307 g/mol. The number of fused-ring (bicyclic) bond motifs is 1. The molecule has 1 atom stereocenters. The molecule has 18 heavy (non-hydrogen) atoms. The molecular formula is C14H14BrNO2. The van der Waals surface area contributed by atoms with E-state index in [1.165, 1.54) is 0 Å². The second kappa shape index (κ2) is 5.06. The van der Waals surface area contributed by atoms with Crippen LogP contribution in [-0.4, -0.2) is 17.3 Å². The van der Waals surface area contributed by atoms with Gasteiger partial charge >= 0.3 is 0 Å². The van der Waals surface area contributed by atoms with Gasteiger partial charge in [0, 0.05) is 29.8 Å². The van der Waals surface area contributed by atoms with Crippen LogP contribution in [0.15, 0.2) is 47.2 Å². The van der Waals surface area contributed by atoms with Crippen LogP contribution in [0.5, 0.6) is 11.5 Å². The van der Waals surface area contributed by atoms with Gasteiger partial charge in [-0.05, 0) is 30.3 Å². The van der Waals surface area contributed by atoms with Gasteiger partial charge in [0.05, 0.1) is 0 Å². The van der Waals surface area contributed by atoms with Gasteiger partial charge in [-0.2, -0.15) is 0 Å². The first kappa shape index (κ1) is 11.7. The molecule has 1 unspecified atom stereocenters. The molecule has 2 aromatic rings. The molecule has 0 bridgehead atoms. The second-order valence-corrected chi connectivity index (χ2v) is 5.27. The maximum absolute atomic E-state index is 5.94. The summed E-state index contributed by atoms with van der Waals surface area (Å²) in [6.07, 6.45) is 5.19. The smallest absolute Gasteiger partial charge is 0.162 e. The Hall–Kier alpha value is -1.42. The lowest BCUT2D eigenvalue weighted by molar-refractivity contribution is 0.0815. The highest BCUT2D eigenvalue weighted by molar-refractivity contribution is 9.10. The Morgan fingerprint density at radius 3 is 2.89 bits per heavy atom. The summed E-state index contributed by atoms with van der Waals surface area (Å²) in [5.41, 5.74) is 0. The summed E-state index contributed by atoms with van der Waals surface area (Å²) in [7, 11) is 0. The Bertz CT molecular complexity index is 525. The quantitative estimate of drug-likeness (QED) is 0.866. The fourth-order valence-corrected chi connectivity index (χ4v) is 2.38. The van der Waals surface area contributed by atoms with E-state index < -0.39 is 0 Å². The van der Waals surface area contributed by atoms with Crippen molar-refractivity contribution in [3.8, 4) is 11.5 Å². The summed E-state index contributed by atoms with van der Waals surface area (Å²) in [6, 6.07) is 9.91. The molecule has 0 spiro atoms. The van der Waals surface area contributed by atoms with Gasteiger partial charge < -0.3 is 14.0 Å². The number of aryl methyl sites for hydroxylation is 1. The fraction of sp³-hybridized carbons (Fsp3) is 0.286. The molecule has 0 N–H and O–H groups in total. The van der Waals surface area contributed by atoms with Crippen LogP contribution in [0.3, 0.4) is 0 Å². The molecule has 0 saturated carbocycles. The Kier molecular flexibility index (Phi) is 3.28. The number of nitrogens with zero attached hydrogens (tertiary/aromatic N) is 1. The van der Waals surface area contributed by atoms with Crippen LogP contribution in [0, 0.1) is 0 Å². The predicted octanol–water partition coefficient (Wildman–Crippen LogP) is 3.48. The normalized spacial score (nSPS) is 17.7. The third-order valence-corrected chi connectivity index (χ3v) is 3.49. The summed E-state index contributed by atoms with van der Waals surface area (Å²) < 4.78 is 14.8. The lowest BCUT2D eigenvalue weighted by Gasteiger charge is -2.26. The molecule has 1 aliphatic heterocycles. The minimum absolute atomic E-state index is 0.120. The van der Waals surface area contributed by atoms with Gasteiger partial charge in [-0.15, -0.1) is 0 Å². The molecule has 4 heteroatoms. The number of halogens is 1. The van der Waals surface area contributed by atoms with E-state index in [0.717, 1.165) is 28.9 Å². The summed E-state index contributed by atoms with van der Waals surface area (Å²) in [4.78, 5) is 0. The van der Waals surface area contributed by atoms with Crippen LogP contribution in [0.1, 0.15) is 6.42 Å². The SMILES string of the molecule is Brc1ccc2c(c1)OC(CCn1cccc1)CO2. The Labute approximate surface area is 114 Å². The van der Waals surface area contributed by atoms with Gasteiger partial charge in [-0.25, -0.2) is 0 Å². The van der Waals surface area contributed by atoms with E-state index in [9.17, 15) is 0 Å². The predicted molar refractivity (Wildman–Crippen MR) is 73.1 cm³/mol. The van der Waals surface area contributed by atoms with E-state index in [-0.39, 0.29) is 6.10 Å².